The van der Waals surface area contributed by atoms with Crippen molar-refractivity contribution in [2.75, 3.05) is 18.0 Å². The molecule has 3 aromatic heterocycles. The van der Waals surface area contributed by atoms with E-state index < -0.39 is 0 Å². The van der Waals surface area contributed by atoms with Crippen molar-refractivity contribution in [2.24, 2.45) is 5.73 Å². The Balaban J connectivity index is 1.48. The van der Waals surface area contributed by atoms with E-state index in [0.29, 0.717) is 24.1 Å². The zero-order valence-electron chi connectivity index (χ0n) is 19.5. The summed E-state index contributed by atoms with van der Waals surface area (Å²) in [6.45, 7) is 2.60. The van der Waals surface area contributed by atoms with E-state index in [4.69, 9.17) is 10.7 Å². The molecule has 1 saturated heterocycles. The molecular weight excluding hydrogens is 436 g/mol. The van der Waals surface area contributed by atoms with Crippen LogP contribution < -0.4 is 16.2 Å². The van der Waals surface area contributed by atoms with Crippen molar-refractivity contribution in [2.45, 2.75) is 32.0 Å². The molecule has 2 aromatic carbocycles. The van der Waals surface area contributed by atoms with Crippen molar-refractivity contribution in [1.82, 2.24) is 19.1 Å². The van der Waals surface area contributed by atoms with Crippen LogP contribution in [0, 0.1) is 0 Å². The number of hydrogen-bond donors (Lipinski definition) is 1. The first-order valence-electron chi connectivity index (χ1n) is 12.1. The first kappa shape index (κ1) is 21.6. The first-order chi connectivity index (χ1) is 17.2. The molecule has 4 heterocycles. The van der Waals surface area contributed by atoms with Crippen LogP contribution in [0.4, 0.5) is 5.95 Å². The van der Waals surface area contributed by atoms with E-state index in [1.165, 1.54) is 0 Å². The van der Waals surface area contributed by atoms with E-state index in [9.17, 15) is 4.79 Å². The largest absolute Gasteiger partial charge is 0.341 e. The zero-order valence-corrected chi connectivity index (χ0v) is 19.5. The van der Waals surface area contributed by atoms with Gasteiger partial charge in [-0.3, -0.25) is 9.78 Å². The highest BCUT2D eigenvalue weighted by atomic mass is 16.1. The van der Waals surface area contributed by atoms with Crippen LogP contribution >= 0.6 is 0 Å². The van der Waals surface area contributed by atoms with Crippen LogP contribution in [-0.4, -0.2) is 38.2 Å². The highest BCUT2D eigenvalue weighted by molar-refractivity contribution is 5.84. The van der Waals surface area contributed by atoms with Crippen LogP contribution in [0.2, 0.25) is 0 Å². The van der Waals surface area contributed by atoms with Gasteiger partial charge in [0.05, 0.1) is 24.3 Å². The second kappa shape index (κ2) is 9.00. The Morgan fingerprint density at radius 2 is 1.80 bits per heavy atom. The molecule has 0 spiro atoms. The summed E-state index contributed by atoms with van der Waals surface area (Å²) < 4.78 is 3.81. The molecule has 0 amide bonds. The van der Waals surface area contributed by atoms with Crippen LogP contribution in [0.1, 0.15) is 24.1 Å². The summed E-state index contributed by atoms with van der Waals surface area (Å²) in [7, 11) is 0. The summed E-state index contributed by atoms with van der Waals surface area (Å²) in [6.07, 6.45) is 5.67. The quantitative estimate of drug-likeness (QED) is 0.428. The smallest absolute Gasteiger partial charge is 0.277 e. The number of piperidine rings is 1. The molecule has 35 heavy (non-hydrogen) atoms. The van der Waals surface area contributed by atoms with Gasteiger partial charge in [0.2, 0.25) is 5.95 Å². The summed E-state index contributed by atoms with van der Waals surface area (Å²) >= 11 is 0. The fraction of sp³-hybridized carbons (Fsp3) is 0.250. The number of nitrogens with zero attached hydrogens (tertiary/aromatic N) is 5. The third kappa shape index (κ3) is 4.08. The number of rotatable bonds is 5. The summed E-state index contributed by atoms with van der Waals surface area (Å²) in [5.74, 6) is 0.817. The number of fused-ring (bicyclic) bond motifs is 2. The lowest BCUT2D eigenvalue weighted by molar-refractivity contribution is 0.495. The molecular formula is C28H28N6O. The number of nitrogens with two attached hydrogens (primary N) is 1. The van der Waals surface area contributed by atoms with Gasteiger partial charge in [0.25, 0.3) is 5.56 Å². The Kier molecular flexibility index (Phi) is 5.54. The highest BCUT2D eigenvalue weighted by Crippen LogP contribution is 2.25. The van der Waals surface area contributed by atoms with Gasteiger partial charge in [-0.2, -0.15) is 0 Å². The van der Waals surface area contributed by atoms with Gasteiger partial charge in [-0.1, -0.05) is 54.6 Å². The zero-order chi connectivity index (χ0) is 23.8. The Bertz CT molecular complexity index is 1550. The van der Waals surface area contributed by atoms with E-state index >= 15 is 0 Å². The minimum Gasteiger partial charge on any atom is -0.341 e. The third-order valence-corrected chi connectivity index (χ3v) is 6.85. The van der Waals surface area contributed by atoms with Gasteiger partial charge in [0, 0.05) is 36.9 Å². The molecule has 0 bridgehead atoms. The SMILES string of the molecule is NC1CCCN(c2nc3ccn(Cc4nccc5ccccc45)c(=O)c3n2Cc2ccccc2)C1. The Hall–Kier alpha value is -3.97. The third-order valence-electron chi connectivity index (χ3n) is 6.85. The van der Waals surface area contributed by atoms with Crippen LogP contribution in [-0.2, 0) is 13.1 Å². The molecule has 5 aromatic rings. The van der Waals surface area contributed by atoms with Crippen molar-refractivity contribution >= 4 is 27.8 Å². The molecule has 1 atom stereocenters. The molecule has 0 saturated carbocycles. The van der Waals surface area contributed by atoms with Crippen LogP contribution in [0.25, 0.3) is 21.8 Å². The number of aromatic nitrogens is 4. The average Bonchev–Trinajstić information content (AvgIpc) is 3.25. The van der Waals surface area contributed by atoms with Crippen molar-refractivity contribution in [3.63, 3.8) is 0 Å². The van der Waals surface area contributed by atoms with Gasteiger partial charge < -0.3 is 19.8 Å². The second-order valence-corrected chi connectivity index (χ2v) is 9.29. The summed E-state index contributed by atoms with van der Waals surface area (Å²) in [6, 6.07) is 22.4. The fourth-order valence-corrected chi connectivity index (χ4v) is 5.11. The van der Waals surface area contributed by atoms with Gasteiger partial charge in [0.1, 0.15) is 5.52 Å². The van der Waals surface area contributed by atoms with E-state index in [1.807, 2.05) is 48.7 Å². The summed E-state index contributed by atoms with van der Waals surface area (Å²) in [5.41, 5.74) is 9.56. The number of imidazole rings is 1. The van der Waals surface area contributed by atoms with Crippen molar-refractivity contribution in [1.29, 1.82) is 0 Å². The van der Waals surface area contributed by atoms with Gasteiger partial charge >= 0.3 is 0 Å². The molecule has 1 fully saturated rings. The molecule has 7 heteroatoms. The van der Waals surface area contributed by atoms with E-state index in [-0.39, 0.29) is 11.6 Å². The lowest BCUT2D eigenvalue weighted by Crippen LogP contribution is -2.44. The lowest BCUT2D eigenvalue weighted by Gasteiger charge is -2.32. The van der Waals surface area contributed by atoms with Crippen LogP contribution in [0.3, 0.4) is 0 Å². The normalized spacial score (nSPS) is 16.3. The van der Waals surface area contributed by atoms with Crippen molar-refractivity contribution in [3.05, 3.63) is 101 Å². The Labute approximate surface area is 203 Å². The van der Waals surface area contributed by atoms with Gasteiger partial charge in [-0.25, -0.2) is 4.98 Å². The topological polar surface area (TPSA) is 82.0 Å². The van der Waals surface area contributed by atoms with Gasteiger partial charge in [0.15, 0.2) is 0 Å². The van der Waals surface area contributed by atoms with Crippen LogP contribution in [0.5, 0.6) is 0 Å². The molecule has 2 N–H and O–H groups in total. The predicted octanol–water partition coefficient (Wildman–Crippen LogP) is 3.77. The minimum atomic E-state index is -0.0618. The fourth-order valence-electron chi connectivity index (χ4n) is 5.11. The van der Waals surface area contributed by atoms with Gasteiger partial charge in [-0.05, 0) is 35.9 Å². The summed E-state index contributed by atoms with van der Waals surface area (Å²) in [4.78, 5) is 25.6. The Morgan fingerprint density at radius 1 is 0.971 bits per heavy atom. The molecule has 6 rings (SSSR count). The van der Waals surface area contributed by atoms with Crippen molar-refractivity contribution in [3.8, 4) is 0 Å². The van der Waals surface area contributed by atoms with Crippen LogP contribution in [0.15, 0.2) is 83.9 Å². The lowest BCUT2D eigenvalue weighted by atomic mass is 10.1. The maximum absolute atomic E-state index is 13.9. The number of hydrogen-bond acceptors (Lipinski definition) is 5. The molecule has 176 valence electrons. The molecule has 0 radical (unpaired) electrons. The number of anilines is 1. The average molecular weight is 465 g/mol. The number of benzene rings is 2. The standard InChI is InChI=1S/C28H28N6O/c29-22-10-6-15-33(18-22)28-31-24-13-16-32(19-25-23-11-5-4-9-21(23)12-14-30-25)27(35)26(24)34(28)17-20-7-2-1-3-8-20/h1-5,7-9,11-14,16,22H,6,10,15,17-19,29H2. The summed E-state index contributed by atoms with van der Waals surface area (Å²) in [5, 5.41) is 2.17. The monoisotopic (exact) mass is 464 g/mol. The van der Waals surface area contributed by atoms with E-state index in [0.717, 1.165) is 53.9 Å². The van der Waals surface area contributed by atoms with Gasteiger partial charge in [-0.15, -0.1) is 0 Å². The first-order valence-corrected chi connectivity index (χ1v) is 12.1. The molecule has 0 aliphatic carbocycles. The highest BCUT2D eigenvalue weighted by Gasteiger charge is 2.24. The molecule has 1 aliphatic heterocycles. The molecule has 1 aliphatic rings. The van der Waals surface area contributed by atoms with E-state index in [2.05, 4.69) is 38.7 Å². The maximum Gasteiger partial charge on any atom is 0.277 e. The Morgan fingerprint density at radius 3 is 2.66 bits per heavy atom. The maximum atomic E-state index is 13.9. The van der Waals surface area contributed by atoms with E-state index in [1.54, 1.807) is 10.8 Å². The van der Waals surface area contributed by atoms with Crippen molar-refractivity contribution < 1.29 is 0 Å². The minimum absolute atomic E-state index is 0.0618. The number of pyridine rings is 2. The molecule has 1 unspecified atom stereocenters. The second-order valence-electron chi connectivity index (χ2n) is 9.29. The predicted molar refractivity (Wildman–Crippen MR) is 140 cm³/mol. The molecule has 7 nitrogen and oxygen atoms in total.